The predicted molar refractivity (Wildman–Crippen MR) is 63.6 cm³/mol. The molecule has 1 saturated carbocycles. The molecule has 1 aromatic rings. The highest BCUT2D eigenvalue weighted by Gasteiger charge is 2.22. The molecule has 1 aromatic carbocycles. The Hall–Kier alpha value is -1.51. The fourth-order valence-corrected chi connectivity index (χ4v) is 2.59. The van der Waals surface area contributed by atoms with E-state index < -0.39 is 0 Å². The molecule has 0 N–H and O–H groups in total. The van der Waals surface area contributed by atoms with E-state index in [1.54, 1.807) is 0 Å². The minimum absolute atomic E-state index is 0.402. The van der Waals surface area contributed by atoms with Crippen LogP contribution in [-0.2, 0) is 4.79 Å². The van der Waals surface area contributed by atoms with Crippen LogP contribution in [0.4, 0.5) is 0 Å². The Bertz CT molecular complexity index is 429. The Morgan fingerprint density at radius 3 is 2.47 bits per heavy atom. The minimum Gasteiger partial charge on any atom is -0.486 e. The molecule has 17 heavy (non-hydrogen) atoms. The Labute approximate surface area is 101 Å². The molecular formula is C14H16O3. The number of hydrogen-bond acceptors (Lipinski definition) is 3. The Morgan fingerprint density at radius 1 is 1.00 bits per heavy atom. The van der Waals surface area contributed by atoms with Crippen molar-refractivity contribution in [2.75, 3.05) is 13.2 Å². The summed E-state index contributed by atoms with van der Waals surface area (Å²) in [5, 5.41) is 0. The highest BCUT2D eigenvalue weighted by molar-refractivity contribution is 5.79. The van der Waals surface area contributed by atoms with Crippen molar-refractivity contribution >= 4 is 5.78 Å². The van der Waals surface area contributed by atoms with Crippen LogP contribution < -0.4 is 9.47 Å². The van der Waals surface area contributed by atoms with Gasteiger partial charge in [0.1, 0.15) is 19.0 Å². The molecule has 0 atom stereocenters. The van der Waals surface area contributed by atoms with Gasteiger partial charge in [0.25, 0.3) is 0 Å². The van der Waals surface area contributed by atoms with E-state index in [9.17, 15) is 4.79 Å². The van der Waals surface area contributed by atoms with Crippen molar-refractivity contribution in [2.24, 2.45) is 0 Å². The second kappa shape index (κ2) is 4.40. The maximum Gasteiger partial charge on any atom is 0.161 e. The molecule has 1 aliphatic heterocycles. The van der Waals surface area contributed by atoms with E-state index in [1.165, 1.54) is 5.56 Å². The fraction of sp³-hybridized carbons (Fsp3) is 0.500. The fourth-order valence-electron chi connectivity index (χ4n) is 2.59. The largest absolute Gasteiger partial charge is 0.486 e. The first kappa shape index (κ1) is 10.6. The summed E-state index contributed by atoms with van der Waals surface area (Å²) in [7, 11) is 0. The van der Waals surface area contributed by atoms with Gasteiger partial charge in [-0.05, 0) is 36.5 Å². The zero-order chi connectivity index (χ0) is 11.7. The van der Waals surface area contributed by atoms with Crippen molar-refractivity contribution in [2.45, 2.75) is 31.6 Å². The van der Waals surface area contributed by atoms with E-state index in [0.717, 1.165) is 37.2 Å². The van der Waals surface area contributed by atoms with Gasteiger partial charge in [0.2, 0.25) is 0 Å². The molecular weight excluding hydrogens is 216 g/mol. The van der Waals surface area contributed by atoms with Crippen LogP contribution in [0.15, 0.2) is 18.2 Å². The summed E-state index contributed by atoms with van der Waals surface area (Å²) in [5.41, 5.74) is 1.28. The number of ether oxygens (including phenoxy) is 2. The molecule has 1 heterocycles. The summed E-state index contributed by atoms with van der Waals surface area (Å²) in [5.74, 6) is 2.60. The zero-order valence-corrected chi connectivity index (χ0v) is 9.78. The molecule has 0 radical (unpaired) electrons. The molecule has 3 nitrogen and oxygen atoms in total. The van der Waals surface area contributed by atoms with Gasteiger partial charge in [0.05, 0.1) is 0 Å². The smallest absolute Gasteiger partial charge is 0.161 e. The van der Waals surface area contributed by atoms with Crippen LogP contribution in [0.3, 0.4) is 0 Å². The van der Waals surface area contributed by atoms with Crippen molar-refractivity contribution < 1.29 is 14.3 Å². The number of carbonyl (C=O) groups excluding carboxylic acids is 1. The average Bonchev–Trinajstić information content (AvgIpc) is 2.39. The lowest BCUT2D eigenvalue weighted by molar-refractivity contribution is -0.120. The summed E-state index contributed by atoms with van der Waals surface area (Å²) in [6.45, 7) is 1.25. The number of rotatable bonds is 1. The molecule has 1 aliphatic carbocycles. The highest BCUT2D eigenvalue weighted by atomic mass is 16.6. The number of carbonyl (C=O) groups is 1. The van der Waals surface area contributed by atoms with E-state index in [0.29, 0.717) is 24.9 Å². The number of ketones is 1. The lowest BCUT2D eigenvalue weighted by Gasteiger charge is -2.24. The second-order valence-corrected chi connectivity index (χ2v) is 4.72. The summed E-state index contributed by atoms with van der Waals surface area (Å²) in [6, 6.07) is 6.17. The molecule has 0 aromatic heterocycles. The lowest BCUT2D eigenvalue weighted by Crippen LogP contribution is -2.16. The summed E-state index contributed by atoms with van der Waals surface area (Å²) >= 11 is 0. The minimum atomic E-state index is 0.402. The van der Waals surface area contributed by atoms with E-state index >= 15 is 0 Å². The first-order chi connectivity index (χ1) is 8.33. The third-order valence-electron chi connectivity index (χ3n) is 3.58. The van der Waals surface area contributed by atoms with Crippen LogP contribution in [-0.4, -0.2) is 19.0 Å². The predicted octanol–water partition coefficient (Wildman–Crippen LogP) is 2.68. The maximum atomic E-state index is 11.2. The Kier molecular flexibility index (Phi) is 2.75. The van der Waals surface area contributed by atoms with Gasteiger partial charge in [-0.15, -0.1) is 0 Å². The molecule has 0 unspecified atom stereocenters. The van der Waals surface area contributed by atoms with Gasteiger partial charge in [-0.1, -0.05) is 6.07 Å². The number of fused-ring (bicyclic) bond motifs is 1. The molecule has 3 rings (SSSR count). The summed E-state index contributed by atoms with van der Waals surface area (Å²) in [6.07, 6.45) is 3.38. The standard InChI is InChI=1S/C14H16O3/c15-12-4-1-10(2-5-12)11-3-6-13-14(9-11)17-8-7-16-13/h3,6,9-10H,1-2,4-5,7-8H2. The van der Waals surface area contributed by atoms with Crippen molar-refractivity contribution in [3.8, 4) is 11.5 Å². The summed E-state index contributed by atoms with van der Waals surface area (Å²) < 4.78 is 11.1. The lowest BCUT2D eigenvalue weighted by atomic mass is 9.83. The van der Waals surface area contributed by atoms with Gasteiger partial charge in [-0.25, -0.2) is 0 Å². The van der Waals surface area contributed by atoms with Gasteiger partial charge in [-0.2, -0.15) is 0 Å². The van der Waals surface area contributed by atoms with Crippen molar-refractivity contribution in [3.63, 3.8) is 0 Å². The van der Waals surface area contributed by atoms with E-state index in [2.05, 4.69) is 12.1 Å². The number of benzene rings is 1. The SMILES string of the molecule is O=C1CCC(c2ccc3c(c2)OCCO3)CC1. The van der Waals surface area contributed by atoms with Gasteiger partial charge in [-0.3, -0.25) is 4.79 Å². The van der Waals surface area contributed by atoms with Crippen LogP contribution in [0.25, 0.3) is 0 Å². The van der Waals surface area contributed by atoms with Crippen LogP contribution >= 0.6 is 0 Å². The molecule has 0 amide bonds. The van der Waals surface area contributed by atoms with Crippen LogP contribution in [0.5, 0.6) is 11.5 Å². The monoisotopic (exact) mass is 232 g/mol. The molecule has 2 aliphatic rings. The first-order valence-electron chi connectivity index (χ1n) is 6.24. The molecule has 1 fully saturated rings. The van der Waals surface area contributed by atoms with Crippen molar-refractivity contribution in [3.05, 3.63) is 23.8 Å². The van der Waals surface area contributed by atoms with E-state index in [-0.39, 0.29) is 0 Å². The highest BCUT2D eigenvalue weighted by Crippen LogP contribution is 2.37. The maximum absolute atomic E-state index is 11.2. The zero-order valence-electron chi connectivity index (χ0n) is 9.78. The van der Waals surface area contributed by atoms with Crippen LogP contribution in [0.2, 0.25) is 0 Å². The molecule has 0 saturated heterocycles. The molecule has 0 spiro atoms. The first-order valence-corrected chi connectivity index (χ1v) is 6.24. The van der Waals surface area contributed by atoms with E-state index in [1.807, 2.05) is 6.07 Å². The average molecular weight is 232 g/mol. The number of Topliss-reactive ketones (excluding diaryl/α,β-unsaturated/α-hetero) is 1. The number of hydrogen-bond donors (Lipinski definition) is 0. The third-order valence-corrected chi connectivity index (χ3v) is 3.58. The van der Waals surface area contributed by atoms with Gasteiger partial charge < -0.3 is 9.47 Å². The van der Waals surface area contributed by atoms with Gasteiger partial charge in [0, 0.05) is 12.8 Å². The quantitative estimate of drug-likeness (QED) is 0.746. The van der Waals surface area contributed by atoms with Gasteiger partial charge >= 0.3 is 0 Å². The van der Waals surface area contributed by atoms with Crippen molar-refractivity contribution in [1.82, 2.24) is 0 Å². The Morgan fingerprint density at radius 2 is 1.71 bits per heavy atom. The molecule has 3 heteroatoms. The Balaban J connectivity index is 1.81. The summed E-state index contributed by atoms with van der Waals surface area (Å²) in [4.78, 5) is 11.2. The second-order valence-electron chi connectivity index (χ2n) is 4.72. The molecule has 90 valence electrons. The van der Waals surface area contributed by atoms with E-state index in [4.69, 9.17) is 9.47 Å². The molecule has 0 bridgehead atoms. The topological polar surface area (TPSA) is 35.5 Å². The third kappa shape index (κ3) is 2.14. The van der Waals surface area contributed by atoms with Crippen molar-refractivity contribution in [1.29, 1.82) is 0 Å². The normalized spacial score (nSPS) is 20.4. The van der Waals surface area contributed by atoms with Crippen LogP contribution in [0.1, 0.15) is 37.2 Å². The van der Waals surface area contributed by atoms with Crippen LogP contribution in [0, 0.1) is 0 Å². The van der Waals surface area contributed by atoms with Gasteiger partial charge in [0.15, 0.2) is 11.5 Å².